The summed E-state index contributed by atoms with van der Waals surface area (Å²) < 4.78 is 10.6. The highest BCUT2D eigenvalue weighted by atomic mass is 16.6. The zero-order valence-electron chi connectivity index (χ0n) is 11.9. The second-order valence-electron chi connectivity index (χ2n) is 5.82. The molecule has 1 heterocycles. The third kappa shape index (κ3) is 3.98. The molecule has 0 aromatic heterocycles. The van der Waals surface area contributed by atoms with Gasteiger partial charge in [0.05, 0.1) is 13.2 Å². The van der Waals surface area contributed by atoms with Crippen LogP contribution in [0.5, 0.6) is 0 Å². The maximum Gasteiger partial charge on any atom is 0.411 e. The van der Waals surface area contributed by atoms with Crippen LogP contribution in [0.25, 0.3) is 0 Å². The molecule has 1 saturated heterocycles. The van der Waals surface area contributed by atoms with E-state index in [0.29, 0.717) is 13.2 Å². The monoisotopic (exact) mass is 257 g/mol. The number of rotatable bonds is 2. The molecule has 104 valence electrons. The van der Waals surface area contributed by atoms with Crippen LogP contribution < -0.4 is 0 Å². The Hall–Kier alpha value is -1.10. The van der Waals surface area contributed by atoms with Crippen LogP contribution in [0.3, 0.4) is 0 Å². The van der Waals surface area contributed by atoms with Crippen molar-refractivity contribution < 1.29 is 19.1 Å². The summed E-state index contributed by atoms with van der Waals surface area (Å²) in [6.45, 7) is 10.2. The predicted molar refractivity (Wildman–Crippen MR) is 67.4 cm³/mol. The molecule has 1 atom stereocenters. The van der Waals surface area contributed by atoms with Crippen molar-refractivity contribution in [2.45, 2.75) is 46.3 Å². The minimum absolute atomic E-state index is 0.0144. The highest BCUT2D eigenvalue weighted by Crippen LogP contribution is 2.17. The first-order valence-corrected chi connectivity index (χ1v) is 6.33. The Labute approximate surface area is 108 Å². The Morgan fingerprint density at radius 2 is 1.94 bits per heavy atom. The molecular formula is C13H23NO4. The molecule has 1 unspecified atom stereocenters. The number of ether oxygens (including phenoxy) is 2. The van der Waals surface area contributed by atoms with Crippen molar-refractivity contribution in [2.24, 2.45) is 5.92 Å². The van der Waals surface area contributed by atoms with E-state index < -0.39 is 17.7 Å². The molecular weight excluding hydrogens is 234 g/mol. The van der Waals surface area contributed by atoms with Crippen molar-refractivity contribution in [2.75, 3.05) is 19.8 Å². The number of ketones is 1. The number of hydrogen-bond donors (Lipinski definition) is 0. The van der Waals surface area contributed by atoms with E-state index in [1.54, 1.807) is 0 Å². The standard InChI is InChI=1S/C13H23NO4/c1-9(2)11(15)10-8-17-7-6-14(10)12(16)18-13(3,4)5/h9-10H,6-8H2,1-5H3. The number of morpholine rings is 1. The van der Waals surface area contributed by atoms with E-state index in [1.165, 1.54) is 4.90 Å². The molecule has 0 aromatic carbocycles. The van der Waals surface area contributed by atoms with Crippen LogP contribution in [0, 0.1) is 5.92 Å². The third-order valence-corrected chi connectivity index (χ3v) is 2.65. The minimum atomic E-state index is -0.555. The number of amides is 1. The molecule has 5 heteroatoms. The molecule has 1 amide bonds. The van der Waals surface area contributed by atoms with Crippen molar-refractivity contribution in [3.05, 3.63) is 0 Å². The summed E-state index contributed by atoms with van der Waals surface area (Å²) in [5, 5.41) is 0. The highest BCUT2D eigenvalue weighted by molar-refractivity contribution is 5.89. The van der Waals surface area contributed by atoms with Gasteiger partial charge < -0.3 is 9.47 Å². The van der Waals surface area contributed by atoms with Gasteiger partial charge in [-0.25, -0.2) is 4.79 Å². The van der Waals surface area contributed by atoms with Gasteiger partial charge in [0.15, 0.2) is 5.78 Å². The first-order chi connectivity index (χ1) is 8.22. The average molecular weight is 257 g/mol. The van der Waals surface area contributed by atoms with Gasteiger partial charge in [-0.1, -0.05) is 13.8 Å². The summed E-state index contributed by atoms with van der Waals surface area (Å²) in [5.74, 6) is -0.109. The molecule has 0 radical (unpaired) electrons. The van der Waals surface area contributed by atoms with Crippen LogP contribution >= 0.6 is 0 Å². The second kappa shape index (κ2) is 5.69. The molecule has 1 aliphatic rings. The molecule has 1 rings (SSSR count). The number of carbonyl (C=O) groups is 2. The Bertz CT molecular complexity index is 319. The minimum Gasteiger partial charge on any atom is -0.444 e. The molecule has 18 heavy (non-hydrogen) atoms. The van der Waals surface area contributed by atoms with Crippen LogP contribution in [0.2, 0.25) is 0 Å². The fourth-order valence-electron chi connectivity index (χ4n) is 1.76. The lowest BCUT2D eigenvalue weighted by Gasteiger charge is -2.36. The Morgan fingerprint density at radius 3 is 2.44 bits per heavy atom. The fraction of sp³-hybridized carbons (Fsp3) is 0.846. The number of nitrogens with zero attached hydrogens (tertiary/aromatic N) is 1. The van der Waals surface area contributed by atoms with Crippen LogP contribution in [0.4, 0.5) is 4.79 Å². The summed E-state index contributed by atoms with van der Waals surface area (Å²) in [5.41, 5.74) is -0.555. The molecule has 5 nitrogen and oxygen atoms in total. The number of hydrogen-bond acceptors (Lipinski definition) is 4. The van der Waals surface area contributed by atoms with Crippen molar-refractivity contribution in [3.63, 3.8) is 0 Å². The molecule has 0 saturated carbocycles. The van der Waals surface area contributed by atoms with E-state index in [4.69, 9.17) is 9.47 Å². The lowest BCUT2D eigenvalue weighted by Crippen LogP contribution is -2.54. The van der Waals surface area contributed by atoms with Crippen molar-refractivity contribution in [1.29, 1.82) is 0 Å². The van der Waals surface area contributed by atoms with Crippen LogP contribution in [-0.2, 0) is 14.3 Å². The van der Waals surface area contributed by atoms with Crippen molar-refractivity contribution in [3.8, 4) is 0 Å². The van der Waals surface area contributed by atoms with Gasteiger partial charge in [-0.3, -0.25) is 9.69 Å². The zero-order chi connectivity index (χ0) is 13.9. The predicted octanol–water partition coefficient (Wildman–Crippen LogP) is 1.85. The van der Waals surface area contributed by atoms with Gasteiger partial charge in [-0.15, -0.1) is 0 Å². The fourth-order valence-corrected chi connectivity index (χ4v) is 1.76. The van der Waals surface area contributed by atoms with Crippen molar-refractivity contribution in [1.82, 2.24) is 4.90 Å². The van der Waals surface area contributed by atoms with Crippen LogP contribution in [-0.4, -0.2) is 48.2 Å². The second-order valence-corrected chi connectivity index (χ2v) is 5.82. The molecule has 0 N–H and O–H groups in total. The third-order valence-electron chi connectivity index (χ3n) is 2.65. The summed E-state index contributed by atoms with van der Waals surface area (Å²) >= 11 is 0. The Morgan fingerprint density at radius 1 is 1.33 bits per heavy atom. The molecule has 1 aliphatic heterocycles. The SMILES string of the molecule is CC(C)C(=O)C1COCCN1C(=O)OC(C)(C)C. The molecule has 0 spiro atoms. The topological polar surface area (TPSA) is 55.8 Å². The Kier molecular flexibility index (Phi) is 4.73. The lowest BCUT2D eigenvalue weighted by atomic mass is 10.0. The summed E-state index contributed by atoms with van der Waals surface area (Å²) in [6, 6.07) is -0.520. The van der Waals surface area contributed by atoms with E-state index in [9.17, 15) is 9.59 Å². The van der Waals surface area contributed by atoms with E-state index in [2.05, 4.69) is 0 Å². The first-order valence-electron chi connectivity index (χ1n) is 6.33. The van der Waals surface area contributed by atoms with Gasteiger partial charge in [0, 0.05) is 12.5 Å². The quantitative estimate of drug-likeness (QED) is 0.757. The maximum absolute atomic E-state index is 12.0. The number of Topliss-reactive ketones (excluding diaryl/α,β-unsaturated/α-hetero) is 1. The summed E-state index contributed by atoms with van der Waals surface area (Å²) in [4.78, 5) is 25.6. The van der Waals surface area contributed by atoms with Crippen LogP contribution in [0.1, 0.15) is 34.6 Å². The van der Waals surface area contributed by atoms with Crippen molar-refractivity contribution >= 4 is 11.9 Å². The first kappa shape index (κ1) is 15.0. The zero-order valence-corrected chi connectivity index (χ0v) is 11.9. The van der Waals surface area contributed by atoms with Gasteiger partial charge in [-0.2, -0.15) is 0 Å². The summed E-state index contributed by atoms with van der Waals surface area (Å²) in [7, 11) is 0. The van der Waals surface area contributed by atoms with E-state index in [-0.39, 0.29) is 18.3 Å². The molecule has 0 aromatic rings. The highest BCUT2D eigenvalue weighted by Gasteiger charge is 2.36. The van der Waals surface area contributed by atoms with Crippen LogP contribution in [0.15, 0.2) is 0 Å². The van der Waals surface area contributed by atoms with Gasteiger partial charge in [-0.05, 0) is 20.8 Å². The van der Waals surface area contributed by atoms with E-state index in [1.807, 2.05) is 34.6 Å². The maximum atomic E-state index is 12.0. The molecule has 1 fully saturated rings. The normalized spacial score (nSPS) is 21.0. The molecule has 0 aliphatic carbocycles. The Balaban J connectivity index is 2.76. The average Bonchev–Trinajstić information content (AvgIpc) is 2.25. The van der Waals surface area contributed by atoms with Gasteiger partial charge in [0.1, 0.15) is 11.6 Å². The van der Waals surface area contributed by atoms with E-state index >= 15 is 0 Å². The number of carbonyl (C=O) groups excluding carboxylic acids is 2. The smallest absolute Gasteiger partial charge is 0.411 e. The van der Waals surface area contributed by atoms with Gasteiger partial charge in [0.25, 0.3) is 0 Å². The largest absolute Gasteiger partial charge is 0.444 e. The van der Waals surface area contributed by atoms with Gasteiger partial charge in [0.2, 0.25) is 0 Å². The van der Waals surface area contributed by atoms with E-state index in [0.717, 1.165) is 0 Å². The summed E-state index contributed by atoms with van der Waals surface area (Å²) in [6.07, 6.45) is -0.440. The molecule has 0 bridgehead atoms. The van der Waals surface area contributed by atoms with Gasteiger partial charge >= 0.3 is 6.09 Å². The lowest BCUT2D eigenvalue weighted by molar-refractivity contribution is -0.133.